The van der Waals surface area contributed by atoms with E-state index in [0.717, 1.165) is 5.69 Å². The zero-order chi connectivity index (χ0) is 15.9. The summed E-state index contributed by atoms with van der Waals surface area (Å²) < 4.78 is 18.2. The zero-order valence-electron chi connectivity index (χ0n) is 13.3. The van der Waals surface area contributed by atoms with Crippen LogP contribution in [0.1, 0.15) is 27.7 Å². The molecule has 1 N–H and O–H groups in total. The van der Waals surface area contributed by atoms with Gasteiger partial charge in [0.1, 0.15) is 11.4 Å². The largest absolute Gasteiger partial charge is 0.465 e. The lowest BCUT2D eigenvalue weighted by Crippen LogP contribution is -2.57. The van der Waals surface area contributed by atoms with Crippen molar-refractivity contribution in [2.75, 3.05) is 31.1 Å². The third-order valence-electron chi connectivity index (χ3n) is 3.37. The SMILES string of the molecule is CCNC(C)(CN(CC)c1ccc(F)cc1)C(=O)OCC. The van der Waals surface area contributed by atoms with E-state index < -0.39 is 5.54 Å². The van der Waals surface area contributed by atoms with Gasteiger partial charge < -0.3 is 15.0 Å². The van der Waals surface area contributed by atoms with Gasteiger partial charge in [-0.1, -0.05) is 6.92 Å². The van der Waals surface area contributed by atoms with E-state index in [0.29, 0.717) is 26.2 Å². The molecule has 0 heterocycles. The first-order valence-corrected chi connectivity index (χ1v) is 7.39. The van der Waals surface area contributed by atoms with Crippen molar-refractivity contribution in [1.29, 1.82) is 0 Å². The van der Waals surface area contributed by atoms with Gasteiger partial charge in [0.05, 0.1) is 6.61 Å². The van der Waals surface area contributed by atoms with Gasteiger partial charge >= 0.3 is 5.97 Å². The van der Waals surface area contributed by atoms with E-state index in [1.807, 2.05) is 25.7 Å². The molecule has 0 aromatic heterocycles. The summed E-state index contributed by atoms with van der Waals surface area (Å²) in [5.74, 6) is -0.540. The van der Waals surface area contributed by atoms with Gasteiger partial charge in [0, 0.05) is 18.8 Å². The van der Waals surface area contributed by atoms with Crippen LogP contribution in [0.2, 0.25) is 0 Å². The summed E-state index contributed by atoms with van der Waals surface area (Å²) in [6, 6.07) is 6.28. The molecule has 0 fully saturated rings. The Labute approximate surface area is 126 Å². The van der Waals surface area contributed by atoms with Crippen molar-refractivity contribution in [3.05, 3.63) is 30.1 Å². The number of ether oxygens (including phenoxy) is 1. The first kappa shape index (κ1) is 17.4. The van der Waals surface area contributed by atoms with Gasteiger partial charge in [-0.15, -0.1) is 0 Å². The summed E-state index contributed by atoms with van der Waals surface area (Å²) in [5.41, 5.74) is 0.0853. The molecule has 4 nitrogen and oxygen atoms in total. The average Bonchev–Trinajstić information content (AvgIpc) is 2.46. The number of rotatable bonds is 8. The number of nitrogens with zero attached hydrogens (tertiary/aromatic N) is 1. The minimum Gasteiger partial charge on any atom is -0.465 e. The van der Waals surface area contributed by atoms with E-state index in [-0.39, 0.29) is 11.8 Å². The lowest BCUT2D eigenvalue weighted by Gasteiger charge is -2.35. The van der Waals surface area contributed by atoms with Crippen LogP contribution in [-0.4, -0.2) is 37.7 Å². The lowest BCUT2D eigenvalue weighted by atomic mass is 10.0. The van der Waals surface area contributed by atoms with Crippen LogP contribution in [0.15, 0.2) is 24.3 Å². The highest BCUT2D eigenvalue weighted by Gasteiger charge is 2.35. The predicted molar refractivity (Wildman–Crippen MR) is 83.0 cm³/mol. The van der Waals surface area contributed by atoms with Crippen molar-refractivity contribution in [1.82, 2.24) is 5.32 Å². The van der Waals surface area contributed by atoms with Gasteiger partial charge in [0.2, 0.25) is 0 Å². The Morgan fingerprint density at radius 1 is 1.29 bits per heavy atom. The lowest BCUT2D eigenvalue weighted by molar-refractivity contribution is -0.150. The highest BCUT2D eigenvalue weighted by atomic mass is 19.1. The second-order valence-electron chi connectivity index (χ2n) is 5.07. The number of benzene rings is 1. The van der Waals surface area contributed by atoms with E-state index in [2.05, 4.69) is 5.32 Å². The predicted octanol–water partition coefficient (Wildman–Crippen LogP) is 2.58. The van der Waals surface area contributed by atoms with Crippen LogP contribution < -0.4 is 10.2 Å². The molecule has 0 aliphatic rings. The number of esters is 1. The van der Waals surface area contributed by atoms with Gasteiger partial charge in [-0.3, -0.25) is 0 Å². The molecule has 1 rings (SSSR count). The molecule has 1 aromatic carbocycles. The Balaban J connectivity index is 2.93. The Hall–Kier alpha value is -1.62. The average molecular weight is 296 g/mol. The Bertz CT molecular complexity index is 450. The van der Waals surface area contributed by atoms with Gasteiger partial charge in [-0.05, 0) is 51.6 Å². The van der Waals surface area contributed by atoms with Crippen molar-refractivity contribution in [2.24, 2.45) is 0 Å². The van der Waals surface area contributed by atoms with E-state index in [9.17, 15) is 9.18 Å². The van der Waals surface area contributed by atoms with Crippen molar-refractivity contribution in [2.45, 2.75) is 33.2 Å². The first-order chi connectivity index (χ1) is 9.96. The van der Waals surface area contributed by atoms with Crippen molar-refractivity contribution in [3.8, 4) is 0 Å². The normalized spacial score (nSPS) is 13.6. The Kier molecular flexibility index (Phi) is 6.62. The number of anilines is 1. The number of halogens is 1. The molecule has 0 saturated heterocycles. The fourth-order valence-corrected chi connectivity index (χ4v) is 2.29. The third kappa shape index (κ3) is 4.70. The van der Waals surface area contributed by atoms with Crippen LogP contribution in [0.5, 0.6) is 0 Å². The maximum absolute atomic E-state index is 13.0. The molecule has 0 amide bonds. The van der Waals surface area contributed by atoms with Gasteiger partial charge in [0.15, 0.2) is 0 Å². The summed E-state index contributed by atoms with van der Waals surface area (Å²) >= 11 is 0. The van der Waals surface area contributed by atoms with E-state index in [4.69, 9.17) is 4.74 Å². The van der Waals surface area contributed by atoms with E-state index >= 15 is 0 Å². The number of hydrogen-bond acceptors (Lipinski definition) is 4. The summed E-state index contributed by atoms with van der Waals surface area (Å²) in [5, 5.41) is 3.20. The topological polar surface area (TPSA) is 41.6 Å². The molecule has 1 atom stereocenters. The van der Waals surface area contributed by atoms with Gasteiger partial charge in [0.25, 0.3) is 0 Å². The standard InChI is InChI=1S/C16H25FN2O2/c1-5-18-16(4,15(20)21-7-3)12-19(6-2)14-10-8-13(17)9-11-14/h8-11,18H,5-7,12H2,1-4H3. The second-order valence-corrected chi connectivity index (χ2v) is 5.07. The second kappa shape index (κ2) is 7.98. The smallest absolute Gasteiger partial charge is 0.327 e. The van der Waals surface area contributed by atoms with Crippen molar-refractivity contribution < 1.29 is 13.9 Å². The summed E-state index contributed by atoms with van der Waals surface area (Å²) in [6.07, 6.45) is 0. The molecule has 0 spiro atoms. The van der Waals surface area contributed by atoms with Gasteiger partial charge in [-0.25, -0.2) is 9.18 Å². The maximum Gasteiger partial charge on any atom is 0.327 e. The van der Waals surface area contributed by atoms with Crippen LogP contribution in [0.25, 0.3) is 0 Å². The first-order valence-electron chi connectivity index (χ1n) is 7.39. The third-order valence-corrected chi connectivity index (χ3v) is 3.37. The highest BCUT2D eigenvalue weighted by molar-refractivity contribution is 5.81. The molecule has 0 aliphatic heterocycles. The zero-order valence-corrected chi connectivity index (χ0v) is 13.3. The molecule has 0 bridgehead atoms. The number of carbonyl (C=O) groups excluding carboxylic acids is 1. The summed E-state index contributed by atoms with van der Waals surface area (Å²) in [7, 11) is 0. The molecular formula is C16H25FN2O2. The highest BCUT2D eigenvalue weighted by Crippen LogP contribution is 2.19. The van der Waals surface area contributed by atoms with E-state index in [1.54, 1.807) is 19.1 Å². The molecule has 0 radical (unpaired) electrons. The van der Waals surface area contributed by atoms with Crippen molar-refractivity contribution >= 4 is 11.7 Å². The molecular weight excluding hydrogens is 271 g/mol. The quantitative estimate of drug-likeness (QED) is 0.749. The van der Waals surface area contributed by atoms with Crippen LogP contribution in [0, 0.1) is 5.82 Å². The maximum atomic E-state index is 13.0. The van der Waals surface area contributed by atoms with Crippen LogP contribution in [-0.2, 0) is 9.53 Å². The summed E-state index contributed by atoms with van der Waals surface area (Å²) in [6.45, 7) is 9.77. The molecule has 0 aliphatic carbocycles. The van der Waals surface area contributed by atoms with Crippen LogP contribution >= 0.6 is 0 Å². The number of likely N-dealkylation sites (N-methyl/N-ethyl adjacent to an activating group) is 2. The number of hydrogen-bond donors (Lipinski definition) is 1. The van der Waals surface area contributed by atoms with Crippen molar-refractivity contribution in [3.63, 3.8) is 0 Å². The summed E-state index contributed by atoms with van der Waals surface area (Å²) in [4.78, 5) is 14.2. The van der Waals surface area contributed by atoms with Crippen LogP contribution in [0.4, 0.5) is 10.1 Å². The Morgan fingerprint density at radius 2 is 1.90 bits per heavy atom. The van der Waals surface area contributed by atoms with Crippen LogP contribution in [0.3, 0.4) is 0 Å². The fraction of sp³-hybridized carbons (Fsp3) is 0.562. The van der Waals surface area contributed by atoms with Gasteiger partial charge in [-0.2, -0.15) is 0 Å². The fourth-order valence-electron chi connectivity index (χ4n) is 2.29. The molecule has 1 unspecified atom stereocenters. The number of carbonyl (C=O) groups is 1. The number of nitrogens with one attached hydrogen (secondary N) is 1. The minimum absolute atomic E-state index is 0.269. The molecule has 1 aromatic rings. The van der Waals surface area contributed by atoms with E-state index in [1.165, 1.54) is 12.1 Å². The Morgan fingerprint density at radius 3 is 2.38 bits per heavy atom. The monoisotopic (exact) mass is 296 g/mol. The molecule has 5 heteroatoms. The molecule has 0 saturated carbocycles. The molecule has 118 valence electrons. The molecule has 21 heavy (non-hydrogen) atoms. The minimum atomic E-state index is -0.796.